The van der Waals surface area contributed by atoms with Gasteiger partial charge in [0.15, 0.2) is 11.5 Å². The molecule has 0 radical (unpaired) electrons. The number of fused-ring (bicyclic) bond motifs is 1. The number of ether oxygens (including phenoxy) is 1. The van der Waals surface area contributed by atoms with E-state index in [-0.39, 0.29) is 23.5 Å². The van der Waals surface area contributed by atoms with Crippen LogP contribution in [0.4, 0.5) is 0 Å². The lowest BCUT2D eigenvalue weighted by Gasteiger charge is -2.31. The first-order chi connectivity index (χ1) is 9.70. The van der Waals surface area contributed by atoms with E-state index in [1.807, 2.05) is 12.1 Å². The van der Waals surface area contributed by atoms with Crippen molar-refractivity contribution < 1.29 is 14.6 Å². The molecule has 0 saturated carbocycles. The van der Waals surface area contributed by atoms with Crippen LogP contribution in [0.3, 0.4) is 0 Å². The van der Waals surface area contributed by atoms with E-state index in [0.29, 0.717) is 5.75 Å². The molecule has 20 heavy (non-hydrogen) atoms. The van der Waals surface area contributed by atoms with Gasteiger partial charge in [-0.15, -0.1) is 0 Å². The summed E-state index contributed by atoms with van der Waals surface area (Å²) in [5, 5.41) is 14.1. The Balaban J connectivity index is 1.98. The van der Waals surface area contributed by atoms with E-state index in [1.165, 1.54) is 7.11 Å². The molecule has 2 N–H and O–H groups in total. The number of phenolic OH excluding ortho intramolecular Hbond substituents is 1. The van der Waals surface area contributed by atoms with Crippen LogP contribution < -0.4 is 10.2 Å². The highest BCUT2D eigenvalue weighted by atomic mass is 16.5. The van der Waals surface area contributed by atoms with Crippen molar-refractivity contribution in [2.75, 3.05) is 7.11 Å². The monoisotopic (exact) mass is 272 g/mol. The predicted octanol–water partition coefficient (Wildman–Crippen LogP) is 1.82. The van der Waals surface area contributed by atoms with Gasteiger partial charge in [-0.05, 0) is 31.0 Å². The topological polar surface area (TPSA) is 70.9 Å². The van der Waals surface area contributed by atoms with Crippen molar-refractivity contribution in [1.82, 2.24) is 5.43 Å². The second kappa shape index (κ2) is 5.00. The van der Waals surface area contributed by atoms with E-state index in [4.69, 9.17) is 4.74 Å². The molecule has 2 atom stereocenters. The van der Waals surface area contributed by atoms with Crippen LogP contribution in [0, 0.1) is 11.8 Å². The third-order valence-corrected chi connectivity index (χ3v) is 3.88. The smallest absolute Gasteiger partial charge is 0.244 e. The fraction of sp³-hybridized carbons (Fsp3) is 0.333. The van der Waals surface area contributed by atoms with Crippen molar-refractivity contribution in [3.8, 4) is 11.5 Å². The summed E-state index contributed by atoms with van der Waals surface area (Å²) in [7, 11) is 1.51. The molecule has 1 aliphatic heterocycles. The lowest BCUT2D eigenvalue weighted by atomic mass is 9.77. The van der Waals surface area contributed by atoms with Crippen LogP contribution >= 0.6 is 0 Å². The normalized spacial score (nSPS) is 24.6. The first-order valence-electron chi connectivity index (χ1n) is 6.60. The number of carbonyl (C=O) groups is 1. The third-order valence-electron chi connectivity index (χ3n) is 3.88. The summed E-state index contributed by atoms with van der Waals surface area (Å²) in [5.74, 6) is 0.473. The molecule has 104 valence electrons. The number of rotatable bonds is 2. The molecule has 0 aromatic heterocycles. The first kappa shape index (κ1) is 12.7. The summed E-state index contributed by atoms with van der Waals surface area (Å²) >= 11 is 0. The number of benzene rings is 1. The number of hydrogen-bond acceptors (Lipinski definition) is 4. The van der Waals surface area contributed by atoms with Crippen molar-refractivity contribution in [1.29, 1.82) is 0 Å². The number of nitrogens with zero attached hydrogens (tertiary/aromatic N) is 1. The molecular formula is C15H16N2O3. The molecule has 0 spiro atoms. The summed E-state index contributed by atoms with van der Waals surface area (Å²) in [6.45, 7) is 0. The minimum atomic E-state index is -0.0725. The Morgan fingerprint density at radius 1 is 1.30 bits per heavy atom. The zero-order valence-corrected chi connectivity index (χ0v) is 11.2. The molecule has 0 saturated heterocycles. The molecule has 1 aromatic rings. The number of aromatic hydroxyl groups is 1. The van der Waals surface area contributed by atoms with E-state index >= 15 is 0 Å². The summed E-state index contributed by atoms with van der Waals surface area (Å²) < 4.78 is 5.04. The molecule has 2 aliphatic rings. The number of carbonyl (C=O) groups excluding carboxylic acids is 1. The zero-order valence-electron chi connectivity index (χ0n) is 11.2. The molecule has 5 heteroatoms. The number of allylic oxidation sites excluding steroid dienone is 2. The van der Waals surface area contributed by atoms with E-state index in [1.54, 1.807) is 12.1 Å². The summed E-state index contributed by atoms with van der Waals surface area (Å²) in [4.78, 5) is 11.9. The molecule has 0 bridgehead atoms. The Hall–Kier alpha value is -2.30. The molecule has 3 rings (SSSR count). The maximum atomic E-state index is 11.9. The van der Waals surface area contributed by atoms with Crippen LogP contribution in [-0.4, -0.2) is 23.8 Å². The van der Waals surface area contributed by atoms with Crippen molar-refractivity contribution >= 4 is 11.6 Å². The van der Waals surface area contributed by atoms with Gasteiger partial charge < -0.3 is 9.84 Å². The van der Waals surface area contributed by atoms with Crippen LogP contribution in [0.5, 0.6) is 11.5 Å². The molecule has 1 amide bonds. The second-order valence-corrected chi connectivity index (χ2v) is 5.02. The van der Waals surface area contributed by atoms with Gasteiger partial charge in [-0.2, -0.15) is 5.10 Å². The van der Waals surface area contributed by atoms with Gasteiger partial charge in [-0.3, -0.25) is 4.79 Å². The van der Waals surface area contributed by atoms with Gasteiger partial charge in [-0.1, -0.05) is 12.2 Å². The number of nitrogens with one attached hydrogen (secondary N) is 1. The van der Waals surface area contributed by atoms with Gasteiger partial charge in [0.25, 0.3) is 0 Å². The van der Waals surface area contributed by atoms with E-state index in [0.717, 1.165) is 24.1 Å². The molecule has 0 fully saturated rings. The number of amides is 1. The highest BCUT2D eigenvalue weighted by Gasteiger charge is 2.36. The summed E-state index contributed by atoms with van der Waals surface area (Å²) in [6.07, 6.45) is 5.65. The largest absolute Gasteiger partial charge is 0.504 e. The Morgan fingerprint density at radius 2 is 2.05 bits per heavy atom. The van der Waals surface area contributed by atoms with Crippen LogP contribution in [0.2, 0.25) is 0 Å². The number of hydrogen-bond donors (Lipinski definition) is 2. The lowest BCUT2D eigenvalue weighted by Crippen LogP contribution is -2.42. The maximum Gasteiger partial charge on any atom is 0.244 e. The predicted molar refractivity (Wildman–Crippen MR) is 74.7 cm³/mol. The van der Waals surface area contributed by atoms with E-state index in [9.17, 15) is 9.90 Å². The van der Waals surface area contributed by atoms with Crippen molar-refractivity contribution in [3.63, 3.8) is 0 Å². The van der Waals surface area contributed by atoms with Gasteiger partial charge in [0, 0.05) is 11.5 Å². The Morgan fingerprint density at radius 3 is 2.75 bits per heavy atom. The Labute approximate surface area is 116 Å². The number of methoxy groups -OCH3 is 1. The van der Waals surface area contributed by atoms with Gasteiger partial charge >= 0.3 is 0 Å². The SMILES string of the molecule is COc1ccc(C2=NNC(=O)C3CC=CCC23)cc1O. The zero-order chi connectivity index (χ0) is 14.1. The van der Waals surface area contributed by atoms with Crippen LogP contribution in [-0.2, 0) is 4.79 Å². The molecule has 1 aliphatic carbocycles. The third kappa shape index (κ3) is 2.05. The highest BCUT2D eigenvalue weighted by Crippen LogP contribution is 2.34. The van der Waals surface area contributed by atoms with Crippen LogP contribution in [0.25, 0.3) is 0 Å². The van der Waals surface area contributed by atoms with Crippen molar-refractivity contribution in [2.45, 2.75) is 12.8 Å². The Kier molecular flexibility index (Phi) is 3.18. The minimum absolute atomic E-state index is 0.0270. The van der Waals surface area contributed by atoms with Gasteiger partial charge in [0.1, 0.15) is 0 Å². The number of phenols is 1. The molecule has 5 nitrogen and oxygen atoms in total. The van der Waals surface area contributed by atoms with Gasteiger partial charge in [0.05, 0.1) is 18.7 Å². The second-order valence-electron chi connectivity index (χ2n) is 5.02. The molecule has 2 unspecified atom stereocenters. The standard InChI is InChI=1S/C15H16N2O3/c1-20-13-7-6-9(8-12(13)18)14-10-4-2-3-5-11(10)15(19)17-16-14/h2-3,6-8,10-11,18H,4-5H2,1H3,(H,17,19). The first-order valence-corrected chi connectivity index (χ1v) is 6.60. The van der Waals surface area contributed by atoms with Gasteiger partial charge in [-0.25, -0.2) is 5.43 Å². The average molecular weight is 272 g/mol. The molecule has 1 heterocycles. The molecule has 1 aromatic carbocycles. The summed E-state index contributed by atoms with van der Waals surface area (Å²) in [6, 6.07) is 5.19. The lowest BCUT2D eigenvalue weighted by molar-refractivity contribution is -0.126. The van der Waals surface area contributed by atoms with E-state index in [2.05, 4.69) is 16.6 Å². The van der Waals surface area contributed by atoms with E-state index < -0.39 is 0 Å². The average Bonchev–Trinajstić information content (AvgIpc) is 2.48. The summed E-state index contributed by atoms with van der Waals surface area (Å²) in [5.41, 5.74) is 4.21. The Bertz CT molecular complexity index is 607. The number of hydrazone groups is 1. The quantitative estimate of drug-likeness (QED) is 0.807. The maximum absolute atomic E-state index is 11.9. The van der Waals surface area contributed by atoms with Gasteiger partial charge in [0.2, 0.25) is 5.91 Å². The van der Waals surface area contributed by atoms with Crippen molar-refractivity contribution in [3.05, 3.63) is 35.9 Å². The molecular weight excluding hydrogens is 256 g/mol. The fourth-order valence-corrected chi connectivity index (χ4v) is 2.82. The van der Waals surface area contributed by atoms with Crippen LogP contribution in [0.1, 0.15) is 18.4 Å². The highest BCUT2D eigenvalue weighted by molar-refractivity contribution is 6.07. The fourth-order valence-electron chi connectivity index (χ4n) is 2.82. The van der Waals surface area contributed by atoms with Crippen LogP contribution in [0.15, 0.2) is 35.5 Å². The van der Waals surface area contributed by atoms with Crippen molar-refractivity contribution in [2.24, 2.45) is 16.9 Å². The minimum Gasteiger partial charge on any atom is -0.504 e.